The van der Waals surface area contributed by atoms with E-state index in [1.807, 2.05) is 32.0 Å². The van der Waals surface area contributed by atoms with Crippen molar-refractivity contribution >= 4 is 11.9 Å². The van der Waals surface area contributed by atoms with E-state index in [1.165, 1.54) is 0 Å². The molecule has 0 fully saturated rings. The lowest BCUT2D eigenvalue weighted by Gasteiger charge is -2.21. The number of para-hydroxylation sites is 1. The highest BCUT2D eigenvalue weighted by atomic mass is 16.5. The van der Waals surface area contributed by atoms with E-state index < -0.39 is 18.1 Å². The number of carboxylic acids is 1. The fourth-order valence-electron chi connectivity index (χ4n) is 2.52. The Morgan fingerprint density at radius 3 is 2.07 bits per heavy atom. The number of nitrogens with one attached hydrogen (secondary N) is 1. The number of aliphatic carboxylic acids is 1. The Hall–Kier alpha value is -3.02. The molecule has 0 spiro atoms. The lowest BCUT2D eigenvalue weighted by Crippen LogP contribution is -2.39. The summed E-state index contributed by atoms with van der Waals surface area (Å²) in [4.78, 5) is 23.7. The van der Waals surface area contributed by atoms with Gasteiger partial charge in [-0.05, 0) is 50.6 Å². The van der Waals surface area contributed by atoms with Crippen molar-refractivity contribution < 1.29 is 24.2 Å². The molecule has 0 bridgehead atoms. The van der Waals surface area contributed by atoms with Gasteiger partial charge in [-0.3, -0.25) is 9.59 Å². The van der Waals surface area contributed by atoms with Gasteiger partial charge in [0.2, 0.25) is 0 Å². The Balaban J connectivity index is 2.06. The first-order valence-electron chi connectivity index (χ1n) is 8.85. The van der Waals surface area contributed by atoms with Crippen molar-refractivity contribution in [3.63, 3.8) is 0 Å². The van der Waals surface area contributed by atoms with Gasteiger partial charge in [0, 0.05) is 0 Å². The van der Waals surface area contributed by atoms with Crippen LogP contribution < -0.4 is 14.8 Å². The van der Waals surface area contributed by atoms with E-state index in [0.29, 0.717) is 17.1 Å². The van der Waals surface area contributed by atoms with Crippen molar-refractivity contribution in [1.29, 1.82) is 0 Å². The van der Waals surface area contributed by atoms with Gasteiger partial charge in [-0.15, -0.1) is 0 Å². The zero-order chi connectivity index (χ0) is 19.8. The Labute approximate surface area is 159 Å². The summed E-state index contributed by atoms with van der Waals surface area (Å²) in [6.07, 6.45) is -0.942. The second-order valence-electron chi connectivity index (χ2n) is 6.47. The molecule has 2 atom stereocenters. The van der Waals surface area contributed by atoms with Crippen LogP contribution in [0.2, 0.25) is 0 Å². The summed E-state index contributed by atoms with van der Waals surface area (Å²) in [5.41, 5.74) is 0.689. The molecule has 0 aliphatic heterocycles. The summed E-state index contributed by atoms with van der Waals surface area (Å²) in [5.74, 6) is -0.118. The summed E-state index contributed by atoms with van der Waals surface area (Å²) >= 11 is 0. The predicted octanol–water partition coefficient (Wildman–Crippen LogP) is 3.57. The van der Waals surface area contributed by atoms with Gasteiger partial charge in [0.15, 0.2) is 6.10 Å². The van der Waals surface area contributed by atoms with Crippen LogP contribution in [-0.4, -0.2) is 29.2 Å². The molecule has 2 aromatic rings. The topological polar surface area (TPSA) is 84.9 Å². The Bertz CT molecular complexity index is 743. The van der Waals surface area contributed by atoms with E-state index in [4.69, 9.17) is 9.47 Å². The number of carbonyl (C=O) groups excluding carboxylic acids is 1. The molecule has 6 heteroatoms. The zero-order valence-corrected chi connectivity index (χ0v) is 15.7. The first kappa shape index (κ1) is 20.3. The number of benzene rings is 2. The van der Waals surface area contributed by atoms with Crippen LogP contribution in [0.25, 0.3) is 0 Å². The highest BCUT2D eigenvalue weighted by molar-refractivity contribution is 5.82. The second kappa shape index (κ2) is 9.62. The summed E-state index contributed by atoms with van der Waals surface area (Å²) in [6, 6.07) is 15.4. The first-order valence-corrected chi connectivity index (χ1v) is 8.85. The van der Waals surface area contributed by atoms with Gasteiger partial charge in [0.1, 0.15) is 11.5 Å². The molecule has 0 heterocycles. The SMILES string of the molecule is CC(C)Oc1ccc([C@H](CC(=O)O)NC(=O)[C@H](C)Oc2ccccc2)cc1. The van der Waals surface area contributed by atoms with Crippen LogP contribution in [-0.2, 0) is 9.59 Å². The van der Waals surface area contributed by atoms with Crippen LogP contribution >= 0.6 is 0 Å². The maximum Gasteiger partial charge on any atom is 0.305 e. The highest BCUT2D eigenvalue weighted by Crippen LogP contribution is 2.22. The summed E-state index contributed by atoms with van der Waals surface area (Å²) < 4.78 is 11.2. The van der Waals surface area contributed by atoms with Crippen molar-refractivity contribution in [2.24, 2.45) is 0 Å². The van der Waals surface area contributed by atoms with Gasteiger partial charge in [-0.1, -0.05) is 30.3 Å². The number of rotatable bonds is 9. The molecule has 0 saturated carbocycles. The fraction of sp³-hybridized carbons (Fsp3) is 0.333. The first-order chi connectivity index (χ1) is 12.8. The lowest BCUT2D eigenvalue weighted by molar-refractivity contribution is -0.138. The molecule has 1 amide bonds. The standard InChI is InChI=1S/C21H25NO5/c1-14(2)26-18-11-9-16(10-12-18)19(13-20(23)24)22-21(25)15(3)27-17-7-5-4-6-8-17/h4-12,14-15,19H,13H2,1-3H3,(H,22,25)(H,23,24)/t15-,19-/m0/s1. The van der Waals surface area contributed by atoms with Crippen molar-refractivity contribution in [3.05, 3.63) is 60.2 Å². The monoisotopic (exact) mass is 371 g/mol. The molecule has 144 valence electrons. The normalized spacial score (nSPS) is 12.9. The van der Waals surface area contributed by atoms with Crippen LogP contribution in [0.1, 0.15) is 38.8 Å². The molecule has 0 aromatic heterocycles. The number of carbonyl (C=O) groups is 2. The van der Waals surface area contributed by atoms with E-state index in [0.717, 1.165) is 0 Å². The smallest absolute Gasteiger partial charge is 0.305 e. The molecule has 2 rings (SSSR count). The van der Waals surface area contributed by atoms with Gasteiger partial charge >= 0.3 is 5.97 Å². The third-order valence-corrected chi connectivity index (χ3v) is 3.77. The number of ether oxygens (including phenoxy) is 2. The summed E-state index contributed by atoms with van der Waals surface area (Å²) in [7, 11) is 0. The Kier molecular flexibility index (Phi) is 7.23. The number of hydrogen-bond acceptors (Lipinski definition) is 4. The van der Waals surface area contributed by atoms with E-state index in [1.54, 1.807) is 43.3 Å². The maximum absolute atomic E-state index is 12.5. The molecule has 6 nitrogen and oxygen atoms in total. The molecule has 0 aliphatic rings. The molecule has 0 aliphatic carbocycles. The van der Waals surface area contributed by atoms with Gasteiger partial charge in [0.05, 0.1) is 18.6 Å². The van der Waals surface area contributed by atoms with E-state index >= 15 is 0 Å². The lowest BCUT2D eigenvalue weighted by atomic mass is 10.0. The minimum atomic E-state index is -1.00. The van der Waals surface area contributed by atoms with Gasteiger partial charge in [-0.25, -0.2) is 0 Å². The van der Waals surface area contributed by atoms with Gasteiger partial charge in [-0.2, -0.15) is 0 Å². The second-order valence-corrected chi connectivity index (χ2v) is 6.47. The van der Waals surface area contributed by atoms with Crippen LogP contribution in [0.4, 0.5) is 0 Å². The van der Waals surface area contributed by atoms with Gasteiger partial charge in [0.25, 0.3) is 5.91 Å². The summed E-state index contributed by atoms with van der Waals surface area (Å²) in [5, 5.41) is 12.0. The maximum atomic E-state index is 12.5. The average molecular weight is 371 g/mol. The molecular weight excluding hydrogens is 346 g/mol. The van der Waals surface area contributed by atoms with Crippen molar-refractivity contribution in [2.45, 2.75) is 45.4 Å². The molecule has 0 saturated heterocycles. The van der Waals surface area contributed by atoms with Gasteiger partial charge < -0.3 is 19.9 Å². The average Bonchev–Trinajstić information content (AvgIpc) is 2.61. The molecule has 0 unspecified atom stereocenters. The minimum absolute atomic E-state index is 0.0429. The van der Waals surface area contributed by atoms with Crippen LogP contribution in [0.5, 0.6) is 11.5 Å². The predicted molar refractivity (Wildman–Crippen MR) is 102 cm³/mol. The number of amides is 1. The van der Waals surface area contributed by atoms with E-state index in [-0.39, 0.29) is 18.4 Å². The quantitative estimate of drug-likeness (QED) is 0.704. The molecule has 27 heavy (non-hydrogen) atoms. The van der Waals surface area contributed by atoms with Crippen LogP contribution in [0.15, 0.2) is 54.6 Å². The Morgan fingerprint density at radius 1 is 0.926 bits per heavy atom. The number of hydrogen-bond donors (Lipinski definition) is 2. The van der Waals surface area contributed by atoms with Crippen molar-refractivity contribution in [3.8, 4) is 11.5 Å². The molecular formula is C21H25NO5. The third-order valence-electron chi connectivity index (χ3n) is 3.77. The van der Waals surface area contributed by atoms with Crippen LogP contribution in [0.3, 0.4) is 0 Å². The fourth-order valence-corrected chi connectivity index (χ4v) is 2.52. The Morgan fingerprint density at radius 2 is 1.52 bits per heavy atom. The van der Waals surface area contributed by atoms with Crippen LogP contribution in [0, 0.1) is 0 Å². The van der Waals surface area contributed by atoms with E-state index in [2.05, 4.69) is 5.32 Å². The third kappa shape index (κ3) is 6.66. The van der Waals surface area contributed by atoms with E-state index in [9.17, 15) is 14.7 Å². The molecule has 0 radical (unpaired) electrons. The van der Waals surface area contributed by atoms with Crippen molar-refractivity contribution in [1.82, 2.24) is 5.32 Å². The minimum Gasteiger partial charge on any atom is -0.491 e. The zero-order valence-electron chi connectivity index (χ0n) is 15.7. The van der Waals surface area contributed by atoms with Crippen molar-refractivity contribution in [2.75, 3.05) is 0 Å². The molecule has 2 aromatic carbocycles. The molecule has 2 N–H and O–H groups in total. The largest absolute Gasteiger partial charge is 0.491 e. The summed E-state index contributed by atoms with van der Waals surface area (Å²) in [6.45, 7) is 5.48. The number of carboxylic acid groups (broad SMARTS) is 1. The highest BCUT2D eigenvalue weighted by Gasteiger charge is 2.22.